The first kappa shape index (κ1) is 18.7. The number of aromatic nitrogens is 2. The van der Waals surface area contributed by atoms with Gasteiger partial charge in [-0.3, -0.25) is 9.59 Å². The Hall–Kier alpha value is -2.67. The fraction of sp³-hybridized carbons (Fsp3) is 0.476. The molecule has 0 radical (unpaired) electrons. The molecular weight excluding hydrogens is 356 g/mol. The molecule has 0 fully saturated rings. The van der Waals surface area contributed by atoms with Crippen LogP contribution < -0.4 is 5.32 Å². The van der Waals surface area contributed by atoms with Crippen LogP contribution in [0.3, 0.4) is 0 Å². The van der Waals surface area contributed by atoms with Crippen molar-refractivity contribution < 1.29 is 14.3 Å². The molecular formula is C21H26N4O3. The lowest BCUT2D eigenvalue weighted by atomic mass is 10.00. The minimum atomic E-state index is -0.231. The second kappa shape index (κ2) is 8.14. The van der Waals surface area contributed by atoms with E-state index >= 15 is 0 Å². The normalized spacial score (nSPS) is 15.7. The first-order valence-electron chi connectivity index (χ1n) is 9.91. The lowest BCUT2D eigenvalue weighted by Crippen LogP contribution is -2.37. The summed E-state index contributed by atoms with van der Waals surface area (Å²) in [6, 6.07) is 8.24. The number of carbonyl (C=O) groups excluding carboxylic acids is 2. The highest BCUT2D eigenvalue weighted by Crippen LogP contribution is 2.24. The van der Waals surface area contributed by atoms with Crippen LogP contribution in [0.1, 0.15) is 50.8 Å². The Morgan fingerprint density at radius 1 is 1.14 bits per heavy atom. The maximum atomic E-state index is 13.3. The second-order valence-electron chi connectivity index (χ2n) is 7.33. The van der Waals surface area contributed by atoms with Crippen molar-refractivity contribution in [2.75, 3.05) is 26.8 Å². The summed E-state index contributed by atoms with van der Waals surface area (Å²) >= 11 is 0. The number of rotatable bonds is 5. The highest BCUT2D eigenvalue weighted by Gasteiger charge is 2.31. The number of amides is 2. The zero-order valence-corrected chi connectivity index (χ0v) is 16.2. The molecule has 0 bridgehead atoms. The van der Waals surface area contributed by atoms with Gasteiger partial charge in [0, 0.05) is 33.3 Å². The Morgan fingerprint density at radius 2 is 1.96 bits per heavy atom. The Kier molecular flexibility index (Phi) is 5.43. The largest absolute Gasteiger partial charge is 0.383 e. The molecule has 0 saturated heterocycles. The monoisotopic (exact) mass is 382 g/mol. The van der Waals surface area contributed by atoms with Gasteiger partial charge in [0.2, 0.25) is 0 Å². The van der Waals surface area contributed by atoms with Crippen LogP contribution in [-0.4, -0.2) is 53.1 Å². The maximum absolute atomic E-state index is 13.3. The van der Waals surface area contributed by atoms with E-state index in [1.165, 1.54) is 11.1 Å². The smallest absolute Gasteiger partial charge is 0.290 e. The number of carbonyl (C=O) groups is 2. The molecule has 3 heterocycles. The molecule has 0 saturated carbocycles. The van der Waals surface area contributed by atoms with Crippen LogP contribution in [0.25, 0.3) is 0 Å². The summed E-state index contributed by atoms with van der Waals surface area (Å²) < 4.78 is 6.95. The number of fused-ring (bicyclic) bond motifs is 2. The van der Waals surface area contributed by atoms with E-state index < -0.39 is 0 Å². The molecule has 2 amide bonds. The van der Waals surface area contributed by atoms with E-state index in [9.17, 15) is 9.59 Å². The van der Waals surface area contributed by atoms with Crippen LogP contribution in [-0.2, 0) is 30.7 Å². The van der Waals surface area contributed by atoms with Gasteiger partial charge in [0.1, 0.15) is 5.69 Å². The van der Waals surface area contributed by atoms with E-state index in [1.54, 1.807) is 7.11 Å². The van der Waals surface area contributed by atoms with E-state index in [4.69, 9.17) is 4.74 Å². The number of hydrogen-bond acceptors (Lipinski definition) is 4. The second-order valence-corrected chi connectivity index (χ2v) is 7.33. The van der Waals surface area contributed by atoms with E-state index in [2.05, 4.69) is 22.4 Å². The number of imidazole rings is 1. The minimum Gasteiger partial charge on any atom is -0.383 e. The molecule has 148 valence electrons. The molecule has 1 N–H and O–H groups in total. The zero-order valence-electron chi connectivity index (χ0n) is 16.2. The molecule has 1 aromatic carbocycles. The van der Waals surface area contributed by atoms with Crippen LogP contribution in [0, 0.1) is 0 Å². The van der Waals surface area contributed by atoms with Crippen LogP contribution in [0.15, 0.2) is 24.3 Å². The molecule has 0 aliphatic carbocycles. The molecule has 2 aliphatic heterocycles. The van der Waals surface area contributed by atoms with Crippen molar-refractivity contribution in [3.05, 3.63) is 52.6 Å². The topological polar surface area (TPSA) is 76.5 Å². The SMILES string of the molecule is COCCNC(=O)c1nc(C(=O)N2CCc3ccccc3C2)n2c1CCCC2. The van der Waals surface area contributed by atoms with Crippen LogP contribution in [0.4, 0.5) is 0 Å². The van der Waals surface area contributed by atoms with Crippen molar-refractivity contribution in [2.45, 2.75) is 38.8 Å². The minimum absolute atomic E-state index is 0.0893. The fourth-order valence-electron chi connectivity index (χ4n) is 4.05. The summed E-state index contributed by atoms with van der Waals surface area (Å²) in [5, 5.41) is 2.83. The van der Waals surface area contributed by atoms with Gasteiger partial charge in [-0.15, -0.1) is 0 Å². The van der Waals surface area contributed by atoms with E-state index in [0.29, 0.717) is 37.8 Å². The van der Waals surface area contributed by atoms with E-state index in [0.717, 1.165) is 37.9 Å². The Morgan fingerprint density at radius 3 is 2.79 bits per heavy atom. The molecule has 1 aromatic heterocycles. The maximum Gasteiger partial charge on any atom is 0.290 e. The van der Waals surface area contributed by atoms with E-state index in [1.807, 2.05) is 21.6 Å². The first-order valence-corrected chi connectivity index (χ1v) is 9.91. The molecule has 7 nitrogen and oxygen atoms in total. The van der Waals surface area contributed by atoms with Gasteiger partial charge in [-0.25, -0.2) is 4.98 Å². The van der Waals surface area contributed by atoms with Gasteiger partial charge in [0.15, 0.2) is 5.82 Å². The third kappa shape index (κ3) is 3.54. The van der Waals surface area contributed by atoms with Crippen molar-refractivity contribution in [1.29, 1.82) is 0 Å². The quantitative estimate of drug-likeness (QED) is 0.800. The Balaban J connectivity index is 1.59. The standard InChI is InChI=1S/C21H26N4O3/c1-28-13-10-22-20(26)18-17-8-4-5-11-25(17)19(23-18)21(27)24-12-9-15-6-2-3-7-16(15)14-24/h2-3,6-7H,4-5,8-14H2,1H3,(H,22,26). The Labute approximate surface area is 164 Å². The average Bonchev–Trinajstić information content (AvgIpc) is 3.13. The number of ether oxygens (including phenoxy) is 1. The van der Waals surface area contributed by atoms with Crippen LogP contribution in [0.5, 0.6) is 0 Å². The highest BCUT2D eigenvalue weighted by molar-refractivity contribution is 5.97. The predicted octanol–water partition coefficient (Wildman–Crippen LogP) is 1.79. The Bertz CT molecular complexity index is 890. The molecule has 28 heavy (non-hydrogen) atoms. The van der Waals surface area contributed by atoms with Crippen molar-refractivity contribution in [1.82, 2.24) is 19.8 Å². The molecule has 2 aromatic rings. The van der Waals surface area contributed by atoms with Crippen molar-refractivity contribution in [3.63, 3.8) is 0 Å². The number of benzene rings is 1. The molecule has 7 heteroatoms. The summed E-state index contributed by atoms with van der Waals surface area (Å²) in [6.45, 7) is 2.87. The molecule has 0 unspecified atom stereocenters. The summed E-state index contributed by atoms with van der Waals surface area (Å²) in [5.41, 5.74) is 3.75. The van der Waals surface area contributed by atoms with Crippen molar-refractivity contribution in [2.24, 2.45) is 0 Å². The zero-order chi connectivity index (χ0) is 19.5. The van der Waals surface area contributed by atoms with Crippen LogP contribution in [0.2, 0.25) is 0 Å². The van der Waals surface area contributed by atoms with Crippen molar-refractivity contribution >= 4 is 11.8 Å². The third-order valence-electron chi connectivity index (χ3n) is 5.53. The van der Waals surface area contributed by atoms with Gasteiger partial charge < -0.3 is 19.5 Å². The fourth-order valence-corrected chi connectivity index (χ4v) is 4.05. The van der Waals surface area contributed by atoms with Gasteiger partial charge >= 0.3 is 0 Å². The van der Waals surface area contributed by atoms with Crippen LogP contribution >= 0.6 is 0 Å². The highest BCUT2D eigenvalue weighted by atomic mass is 16.5. The van der Waals surface area contributed by atoms with E-state index in [-0.39, 0.29) is 11.8 Å². The molecule has 0 spiro atoms. The van der Waals surface area contributed by atoms with Gasteiger partial charge in [0.05, 0.1) is 12.3 Å². The number of nitrogens with zero attached hydrogens (tertiary/aromatic N) is 3. The summed E-state index contributed by atoms with van der Waals surface area (Å²) in [4.78, 5) is 32.2. The lowest BCUT2D eigenvalue weighted by molar-refractivity contribution is 0.0716. The molecule has 2 aliphatic rings. The predicted molar refractivity (Wildman–Crippen MR) is 104 cm³/mol. The van der Waals surface area contributed by atoms with Gasteiger partial charge in [-0.2, -0.15) is 0 Å². The summed E-state index contributed by atoms with van der Waals surface area (Å²) in [5.74, 6) is 0.0744. The first-order chi connectivity index (χ1) is 13.7. The molecule has 0 atom stereocenters. The average molecular weight is 382 g/mol. The number of nitrogens with one attached hydrogen (secondary N) is 1. The van der Waals surface area contributed by atoms with Gasteiger partial charge in [0.25, 0.3) is 11.8 Å². The van der Waals surface area contributed by atoms with Gasteiger partial charge in [-0.1, -0.05) is 24.3 Å². The lowest BCUT2D eigenvalue weighted by Gasteiger charge is -2.29. The van der Waals surface area contributed by atoms with Crippen molar-refractivity contribution in [3.8, 4) is 0 Å². The number of methoxy groups -OCH3 is 1. The third-order valence-corrected chi connectivity index (χ3v) is 5.53. The number of hydrogen-bond donors (Lipinski definition) is 1. The summed E-state index contributed by atoms with van der Waals surface area (Å²) in [6.07, 6.45) is 3.63. The molecule has 4 rings (SSSR count). The van der Waals surface area contributed by atoms with Gasteiger partial charge in [-0.05, 0) is 36.8 Å². The summed E-state index contributed by atoms with van der Waals surface area (Å²) in [7, 11) is 1.60.